The van der Waals surface area contributed by atoms with Gasteiger partial charge in [-0.05, 0) is 6.07 Å². The first kappa shape index (κ1) is 12.5. The molecule has 0 unspecified atom stereocenters. The molecule has 0 aliphatic carbocycles. The molecule has 0 atom stereocenters. The van der Waals surface area contributed by atoms with Gasteiger partial charge in [-0.2, -0.15) is 0 Å². The summed E-state index contributed by atoms with van der Waals surface area (Å²) >= 11 is 0. The van der Waals surface area contributed by atoms with Crippen LogP contribution in [0.15, 0.2) is 24.5 Å². The van der Waals surface area contributed by atoms with Crippen LogP contribution in [0, 0.1) is 0 Å². The summed E-state index contributed by atoms with van der Waals surface area (Å²) in [5.74, 6) is 2.60. The van der Waals surface area contributed by atoms with E-state index >= 15 is 0 Å². The van der Waals surface area contributed by atoms with Crippen molar-refractivity contribution in [2.45, 2.75) is 6.42 Å². The Balaban J connectivity index is 1.71. The van der Waals surface area contributed by atoms with Gasteiger partial charge in [-0.15, -0.1) is 0 Å². The van der Waals surface area contributed by atoms with Crippen molar-refractivity contribution < 1.29 is 19.0 Å². The lowest BCUT2D eigenvalue weighted by Gasteiger charge is -2.09. The molecular weight excluding hydrogens is 260 g/mol. The fourth-order valence-corrected chi connectivity index (χ4v) is 2.05. The first-order valence-corrected chi connectivity index (χ1v) is 6.26. The highest BCUT2D eigenvalue weighted by Crippen LogP contribution is 2.37. The summed E-state index contributed by atoms with van der Waals surface area (Å²) in [5, 5.41) is 0. The van der Waals surface area contributed by atoms with E-state index in [1.54, 1.807) is 18.3 Å². The molecule has 6 nitrogen and oxygen atoms in total. The molecule has 2 heterocycles. The van der Waals surface area contributed by atoms with Crippen molar-refractivity contribution in [1.82, 2.24) is 9.55 Å². The number of carbonyl (C=O) groups excluding carboxylic acids is 1. The average molecular weight is 274 g/mol. The molecule has 1 aliphatic heterocycles. The molecule has 3 rings (SSSR count). The van der Waals surface area contributed by atoms with E-state index in [0.717, 1.165) is 12.1 Å². The van der Waals surface area contributed by atoms with Crippen LogP contribution < -0.4 is 14.2 Å². The number of ether oxygens (including phenoxy) is 3. The van der Waals surface area contributed by atoms with Gasteiger partial charge in [0.1, 0.15) is 11.6 Å². The largest absolute Gasteiger partial charge is 0.492 e. The minimum atomic E-state index is 0.171. The number of aromatic nitrogens is 2. The van der Waals surface area contributed by atoms with Crippen LogP contribution in [-0.2, 0) is 13.5 Å². The molecule has 6 heteroatoms. The lowest BCUT2D eigenvalue weighted by molar-refractivity contribution is 0.111. The summed E-state index contributed by atoms with van der Waals surface area (Å²) in [4.78, 5) is 15.3. The van der Waals surface area contributed by atoms with Gasteiger partial charge in [0.25, 0.3) is 0 Å². The molecule has 1 aromatic carbocycles. The highest BCUT2D eigenvalue weighted by Gasteiger charge is 2.17. The minimum absolute atomic E-state index is 0.171. The van der Waals surface area contributed by atoms with Crippen LogP contribution in [0.3, 0.4) is 0 Å². The van der Waals surface area contributed by atoms with Gasteiger partial charge in [0.05, 0.1) is 12.2 Å². The predicted octanol–water partition coefficient (Wildman–Crippen LogP) is 1.58. The molecular formula is C14H14N2O4. The molecule has 0 N–H and O–H groups in total. The molecule has 0 saturated heterocycles. The van der Waals surface area contributed by atoms with Crippen LogP contribution in [0.25, 0.3) is 0 Å². The molecule has 104 valence electrons. The highest BCUT2D eigenvalue weighted by atomic mass is 16.7. The quantitative estimate of drug-likeness (QED) is 0.775. The molecule has 0 fully saturated rings. The number of hydrogen-bond donors (Lipinski definition) is 0. The van der Waals surface area contributed by atoms with Crippen molar-refractivity contribution in [3.8, 4) is 17.2 Å². The predicted molar refractivity (Wildman–Crippen MR) is 70.4 cm³/mol. The van der Waals surface area contributed by atoms with Crippen LogP contribution in [-0.4, -0.2) is 29.2 Å². The van der Waals surface area contributed by atoms with Crippen LogP contribution in [0.2, 0.25) is 0 Å². The number of aldehydes is 1. The topological polar surface area (TPSA) is 62.6 Å². The Kier molecular flexibility index (Phi) is 3.28. The van der Waals surface area contributed by atoms with Crippen LogP contribution in [0.1, 0.15) is 16.2 Å². The van der Waals surface area contributed by atoms with E-state index in [2.05, 4.69) is 4.98 Å². The SMILES string of the molecule is Cn1ccnc1CCOc1cc2c(cc1C=O)OCO2. The molecule has 0 bridgehead atoms. The monoisotopic (exact) mass is 274 g/mol. The normalized spacial score (nSPS) is 12.4. The first-order chi connectivity index (χ1) is 9.78. The maximum absolute atomic E-state index is 11.1. The maximum atomic E-state index is 11.1. The van der Waals surface area contributed by atoms with Gasteiger partial charge in [-0.25, -0.2) is 4.98 Å². The number of imidazole rings is 1. The zero-order chi connectivity index (χ0) is 13.9. The Morgan fingerprint density at radius 1 is 1.40 bits per heavy atom. The fourth-order valence-electron chi connectivity index (χ4n) is 2.05. The van der Waals surface area contributed by atoms with E-state index in [4.69, 9.17) is 14.2 Å². The third kappa shape index (κ3) is 2.32. The van der Waals surface area contributed by atoms with Gasteiger partial charge >= 0.3 is 0 Å². The third-order valence-corrected chi connectivity index (χ3v) is 3.14. The first-order valence-electron chi connectivity index (χ1n) is 6.26. The summed E-state index contributed by atoms with van der Waals surface area (Å²) in [7, 11) is 1.93. The Morgan fingerprint density at radius 3 is 2.90 bits per heavy atom. The zero-order valence-corrected chi connectivity index (χ0v) is 11.0. The lowest BCUT2D eigenvalue weighted by atomic mass is 10.2. The summed E-state index contributed by atoms with van der Waals surface area (Å²) in [5.41, 5.74) is 0.453. The number of benzene rings is 1. The van der Waals surface area contributed by atoms with E-state index in [1.807, 2.05) is 17.8 Å². The van der Waals surface area contributed by atoms with E-state index in [9.17, 15) is 4.79 Å². The van der Waals surface area contributed by atoms with E-state index in [1.165, 1.54) is 0 Å². The van der Waals surface area contributed by atoms with Crippen molar-refractivity contribution in [1.29, 1.82) is 0 Å². The molecule has 2 aromatic rings. The van der Waals surface area contributed by atoms with Gasteiger partial charge in [0.2, 0.25) is 6.79 Å². The Bertz CT molecular complexity index is 636. The number of aryl methyl sites for hydroxylation is 1. The molecule has 0 amide bonds. The summed E-state index contributed by atoms with van der Waals surface area (Å²) in [6.45, 7) is 0.607. The van der Waals surface area contributed by atoms with Gasteiger partial charge in [-0.1, -0.05) is 0 Å². The van der Waals surface area contributed by atoms with Crippen molar-refractivity contribution in [2.75, 3.05) is 13.4 Å². The number of nitrogens with zero attached hydrogens (tertiary/aromatic N) is 2. The second-order valence-electron chi connectivity index (χ2n) is 4.41. The van der Waals surface area contributed by atoms with Crippen LogP contribution in [0.5, 0.6) is 17.2 Å². The average Bonchev–Trinajstić information content (AvgIpc) is 3.06. The van der Waals surface area contributed by atoms with Crippen molar-refractivity contribution in [2.24, 2.45) is 7.05 Å². The Hall–Kier alpha value is -2.50. The third-order valence-electron chi connectivity index (χ3n) is 3.14. The van der Waals surface area contributed by atoms with Crippen LogP contribution >= 0.6 is 0 Å². The highest BCUT2D eigenvalue weighted by molar-refractivity contribution is 5.81. The Morgan fingerprint density at radius 2 is 2.20 bits per heavy atom. The summed E-state index contributed by atoms with van der Waals surface area (Å²) < 4.78 is 18.1. The molecule has 20 heavy (non-hydrogen) atoms. The van der Waals surface area contributed by atoms with Crippen molar-refractivity contribution >= 4 is 6.29 Å². The number of carbonyl (C=O) groups is 1. The number of hydrogen-bond acceptors (Lipinski definition) is 5. The summed E-state index contributed by atoms with van der Waals surface area (Å²) in [6.07, 6.45) is 5.04. The van der Waals surface area contributed by atoms with Gasteiger partial charge in [0.15, 0.2) is 17.8 Å². The van der Waals surface area contributed by atoms with Crippen molar-refractivity contribution in [3.63, 3.8) is 0 Å². The van der Waals surface area contributed by atoms with E-state index in [-0.39, 0.29) is 6.79 Å². The van der Waals surface area contributed by atoms with Gasteiger partial charge < -0.3 is 18.8 Å². The summed E-state index contributed by atoms with van der Waals surface area (Å²) in [6, 6.07) is 3.32. The van der Waals surface area contributed by atoms with E-state index in [0.29, 0.717) is 35.8 Å². The standard InChI is InChI=1S/C14H14N2O4/c1-16-4-3-15-14(16)2-5-18-11-7-13-12(19-9-20-13)6-10(11)8-17/h3-4,6-8H,2,5,9H2,1H3. The van der Waals surface area contributed by atoms with Crippen LogP contribution in [0.4, 0.5) is 0 Å². The molecule has 0 radical (unpaired) electrons. The molecule has 1 aromatic heterocycles. The minimum Gasteiger partial charge on any atom is -0.492 e. The zero-order valence-electron chi connectivity index (χ0n) is 11.0. The van der Waals surface area contributed by atoms with Gasteiger partial charge in [0, 0.05) is 31.9 Å². The van der Waals surface area contributed by atoms with Gasteiger partial charge in [-0.3, -0.25) is 4.79 Å². The molecule has 0 saturated carbocycles. The number of rotatable bonds is 5. The molecule has 1 aliphatic rings. The smallest absolute Gasteiger partial charge is 0.231 e. The lowest BCUT2D eigenvalue weighted by Crippen LogP contribution is -2.07. The number of fused-ring (bicyclic) bond motifs is 1. The maximum Gasteiger partial charge on any atom is 0.231 e. The molecule has 0 spiro atoms. The second-order valence-corrected chi connectivity index (χ2v) is 4.41. The fraction of sp³-hybridized carbons (Fsp3) is 0.286. The Labute approximate surface area is 115 Å². The van der Waals surface area contributed by atoms with E-state index < -0.39 is 0 Å². The second kappa shape index (κ2) is 5.24. The van der Waals surface area contributed by atoms with Crippen molar-refractivity contribution in [3.05, 3.63) is 35.9 Å².